The first kappa shape index (κ1) is 14.3. The van der Waals surface area contributed by atoms with Gasteiger partial charge in [-0.3, -0.25) is 4.79 Å². The molecule has 2 aromatic heterocycles. The number of thioether (sulfide) groups is 1. The van der Waals surface area contributed by atoms with Gasteiger partial charge in [-0.1, -0.05) is 23.9 Å². The molecule has 0 N–H and O–H groups in total. The molecule has 5 nitrogen and oxygen atoms in total. The highest BCUT2D eigenvalue weighted by molar-refractivity contribution is 7.98. The fourth-order valence-corrected chi connectivity index (χ4v) is 3.26. The van der Waals surface area contributed by atoms with Gasteiger partial charge in [-0.2, -0.15) is 4.98 Å². The molecule has 23 heavy (non-hydrogen) atoms. The number of nitrogens with zero attached hydrogens (tertiary/aromatic N) is 4. The average Bonchev–Trinajstić information content (AvgIpc) is 2.96. The first-order chi connectivity index (χ1) is 11.1. The summed E-state index contributed by atoms with van der Waals surface area (Å²) in [5, 5.41) is 4.90. The lowest BCUT2D eigenvalue weighted by Gasteiger charge is -2.23. The summed E-state index contributed by atoms with van der Waals surface area (Å²) in [6.07, 6.45) is 4.65. The Bertz CT molecular complexity index is 906. The fourth-order valence-electron chi connectivity index (χ4n) is 2.92. The summed E-state index contributed by atoms with van der Waals surface area (Å²) in [7, 11) is 0. The van der Waals surface area contributed by atoms with Gasteiger partial charge in [0.1, 0.15) is 5.82 Å². The molecule has 0 saturated heterocycles. The molecular formula is C16H13FN4OS. The van der Waals surface area contributed by atoms with Gasteiger partial charge >= 0.3 is 0 Å². The zero-order chi connectivity index (χ0) is 16.0. The van der Waals surface area contributed by atoms with Gasteiger partial charge in [0.05, 0.1) is 11.3 Å². The average molecular weight is 328 g/mol. The van der Waals surface area contributed by atoms with Crippen molar-refractivity contribution in [2.45, 2.75) is 23.9 Å². The number of Topliss-reactive ketones (excluding diaryl/α,β-unsaturated/α-hetero) is 1. The van der Waals surface area contributed by atoms with Crippen LogP contribution in [0.3, 0.4) is 0 Å². The molecule has 3 aromatic rings. The van der Waals surface area contributed by atoms with Crippen LogP contribution in [0.15, 0.2) is 35.6 Å². The third-order valence-electron chi connectivity index (χ3n) is 4.09. The van der Waals surface area contributed by atoms with E-state index < -0.39 is 0 Å². The maximum atomic E-state index is 13.1. The number of carbonyl (C=O) groups excluding carboxylic acids is 1. The topological polar surface area (TPSA) is 60.1 Å². The number of aromatic nitrogens is 4. The summed E-state index contributed by atoms with van der Waals surface area (Å²) in [5.41, 5.74) is 2.30. The van der Waals surface area contributed by atoms with E-state index in [1.165, 1.54) is 23.9 Å². The van der Waals surface area contributed by atoms with E-state index in [1.807, 2.05) is 6.26 Å². The van der Waals surface area contributed by atoms with Gasteiger partial charge in [0.25, 0.3) is 5.78 Å². The van der Waals surface area contributed by atoms with Crippen molar-refractivity contribution in [1.82, 2.24) is 19.6 Å². The lowest BCUT2D eigenvalue weighted by molar-refractivity contribution is 0.0962. The molecule has 1 aliphatic carbocycles. The van der Waals surface area contributed by atoms with Crippen LogP contribution in [0.2, 0.25) is 0 Å². The van der Waals surface area contributed by atoms with Gasteiger partial charge in [0.15, 0.2) is 5.78 Å². The molecule has 1 aromatic carbocycles. The molecule has 0 aliphatic heterocycles. The second kappa shape index (κ2) is 5.42. The van der Waals surface area contributed by atoms with Crippen LogP contribution in [0.5, 0.6) is 0 Å². The van der Waals surface area contributed by atoms with Crippen molar-refractivity contribution in [2.24, 2.45) is 0 Å². The van der Waals surface area contributed by atoms with Crippen LogP contribution in [0.4, 0.5) is 4.39 Å². The molecule has 116 valence electrons. The van der Waals surface area contributed by atoms with Crippen LogP contribution < -0.4 is 0 Å². The number of carbonyl (C=O) groups is 1. The molecule has 0 radical (unpaired) electrons. The highest BCUT2D eigenvalue weighted by Crippen LogP contribution is 2.32. The standard InChI is InChI=1S/C16H13FN4OS/c1-23-16-19-15-18-13-6-10(9-2-4-11(17)5-3-9)7-14(22)12(13)8-21(15)20-16/h2-5,8,10H,6-7H2,1H3. The first-order valence-corrected chi connectivity index (χ1v) is 8.45. The Morgan fingerprint density at radius 3 is 2.74 bits per heavy atom. The van der Waals surface area contributed by atoms with Gasteiger partial charge in [-0.15, -0.1) is 5.10 Å². The zero-order valence-corrected chi connectivity index (χ0v) is 13.2. The minimum absolute atomic E-state index is 0.0218. The minimum atomic E-state index is -0.274. The number of halogens is 1. The van der Waals surface area contributed by atoms with Gasteiger partial charge in [-0.05, 0) is 36.3 Å². The number of hydrogen-bond acceptors (Lipinski definition) is 5. The lowest BCUT2D eigenvalue weighted by atomic mass is 9.82. The molecule has 1 unspecified atom stereocenters. The summed E-state index contributed by atoms with van der Waals surface area (Å²) < 4.78 is 14.6. The highest BCUT2D eigenvalue weighted by atomic mass is 32.2. The summed E-state index contributed by atoms with van der Waals surface area (Å²) in [4.78, 5) is 21.3. The number of benzene rings is 1. The van der Waals surface area contributed by atoms with E-state index in [2.05, 4.69) is 15.1 Å². The summed E-state index contributed by atoms with van der Waals surface area (Å²) >= 11 is 1.43. The Morgan fingerprint density at radius 2 is 2.00 bits per heavy atom. The quantitative estimate of drug-likeness (QED) is 0.677. The molecule has 7 heteroatoms. The van der Waals surface area contributed by atoms with Crippen molar-refractivity contribution in [3.8, 4) is 0 Å². The van der Waals surface area contributed by atoms with E-state index in [0.717, 1.165) is 11.3 Å². The monoisotopic (exact) mass is 328 g/mol. The first-order valence-electron chi connectivity index (χ1n) is 7.23. The second-order valence-corrected chi connectivity index (χ2v) is 6.30. The zero-order valence-electron chi connectivity index (χ0n) is 12.4. The molecule has 0 saturated carbocycles. The number of fused-ring (bicyclic) bond motifs is 2. The SMILES string of the molecule is CSc1nc2nc3c(cn2n1)C(=O)CC(c1ccc(F)cc1)C3. The third-order valence-corrected chi connectivity index (χ3v) is 4.63. The fraction of sp³-hybridized carbons (Fsp3) is 0.250. The molecule has 0 bridgehead atoms. The molecule has 0 amide bonds. The Balaban J connectivity index is 1.75. The highest BCUT2D eigenvalue weighted by Gasteiger charge is 2.28. The molecular weight excluding hydrogens is 315 g/mol. The van der Waals surface area contributed by atoms with Gasteiger partial charge in [0.2, 0.25) is 5.16 Å². The number of hydrogen-bond donors (Lipinski definition) is 0. The molecule has 4 rings (SSSR count). The van der Waals surface area contributed by atoms with Crippen LogP contribution in [0, 0.1) is 5.82 Å². The molecule has 2 heterocycles. The van der Waals surface area contributed by atoms with Crippen molar-refractivity contribution < 1.29 is 9.18 Å². The van der Waals surface area contributed by atoms with Crippen molar-refractivity contribution in [2.75, 3.05) is 6.26 Å². The van der Waals surface area contributed by atoms with Gasteiger partial charge in [-0.25, -0.2) is 13.9 Å². The predicted octanol–water partition coefficient (Wildman–Crippen LogP) is 2.90. The van der Waals surface area contributed by atoms with Crippen molar-refractivity contribution in [3.63, 3.8) is 0 Å². The maximum Gasteiger partial charge on any atom is 0.253 e. The van der Waals surface area contributed by atoms with Crippen LogP contribution in [-0.2, 0) is 6.42 Å². The smallest absolute Gasteiger partial charge is 0.253 e. The van der Waals surface area contributed by atoms with Crippen molar-refractivity contribution >= 4 is 23.3 Å². The van der Waals surface area contributed by atoms with Crippen molar-refractivity contribution in [3.05, 3.63) is 53.1 Å². The van der Waals surface area contributed by atoms with E-state index >= 15 is 0 Å². The van der Waals surface area contributed by atoms with E-state index in [-0.39, 0.29) is 17.5 Å². The summed E-state index contributed by atoms with van der Waals surface area (Å²) in [5.74, 6) is 0.287. The van der Waals surface area contributed by atoms with E-state index in [0.29, 0.717) is 29.3 Å². The third kappa shape index (κ3) is 2.50. The van der Waals surface area contributed by atoms with Crippen LogP contribution >= 0.6 is 11.8 Å². The summed E-state index contributed by atoms with van der Waals surface area (Å²) in [6.45, 7) is 0. The molecule has 0 spiro atoms. The minimum Gasteiger partial charge on any atom is -0.294 e. The largest absolute Gasteiger partial charge is 0.294 e. The Morgan fingerprint density at radius 1 is 1.22 bits per heavy atom. The van der Waals surface area contributed by atoms with E-state index in [9.17, 15) is 9.18 Å². The lowest BCUT2D eigenvalue weighted by Crippen LogP contribution is -2.21. The molecule has 1 aliphatic rings. The van der Waals surface area contributed by atoms with E-state index in [4.69, 9.17) is 0 Å². The number of rotatable bonds is 2. The van der Waals surface area contributed by atoms with Crippen LogP contribution in [0.25, 0.3) is 5.78 Å². The van der Waals surface area contributed by atoms with E-state index in [1.54, 1.807) is 22.8 Å². The predicted molar refractivity (Wildman–Crippen MR) is 84.4 cm³/mol. The van der Waals surface area contributed by atoms with Crippen LogP contribution in [0.1, 0.15) is 34.0 Å². The molecule has 1 atom stereocenters. The summed E-state index contributed by atoms with van der Waals surface area (Å²) in [6, 6.07) is 6.32. The number of ketones is 1. The maximum absolute atomic E-state index is 13.1. The second-order valence-electron chi connectivity index (χ2n) is 5.52. The Kier molecular flexibility index (Phi) is 3.37. The van der Waals surface area contributed by atoms with Crippen LogP contribution in [-0.4, -0.2) is 31.6 Å². The Labute approximate surface area is 136 Å². The van der Waals surface area contributed by atoms with Gasteiger partial charge < -0.3 is 0 Å². The van der Waals surface area contributed by atoms with Crippen molar-refractivity contribution in [1.29, 1.82) is 0 Å². The normalized spacial score (nSPS) is 17.5. The van der Waals surface area contributed by atoms with Gasteiger partial charge in [0, 0.05) is 12.6 Å². The Hall–Kier alpha value is -2.28. The molecule has 0 fully saturated rings.